The normalized spacial score (nSPS) is 42.5. The number of nitrogens with zero attached hydrogens (tertiary/aromatic N) is 1. The highest BCUT2D eigenvalue weighted by atomic mass is 19.4. The topological polar surface area (TPSA) is 27.3 Å². The van der Waals surface area contributed by atoms with Crippen LogP contribution in [0.15, 0.2) is 46.2 Å². The number of nitrogens with one attached hydrogen (secondary N) is 2. The minimum absolute atomic E-state index is 0.0934. The average Bonchev–Trinajstić information content (AvgIpc) is 3.72. The predicted molar refractivity (Wildman–Crippen MR) is 169 cm³/mol. The van der Waals surface area contributed by atoms with Crippen molar-refractivity contribution in [1.29, 1.82) is 0 Å². The number of allylic oxidation sites excluding steroid dienone is 5. The van der Waals surface area contributed by atoms with Crippen LogP contribution >= 0.6 is 0 Å². The second-order valence-electron chi connectivity index (χ2n) is 17.7. The number of anilines is 1. The highest BCUT2D eigenvalue weighted by Crippen LogP contribution is 2.67. The summed E-state index contributed by atoms with van der Waals surface area (Å²) < 4.78 is 235. The predicted octanol–water partition coefficient (Wildman–Crippen LogP) is 10.9. The van der Waals surface area contributed by atoms with Gasteiger partial charge >= 0.3 is 6.18 Å². The van der Waals surface area contributed by atoms with Crippen LogP contribution in [-0.4, -0.2) is 34.6 Å². The maximum Gasteiger partial charge on any atom is 0.422 e. The zero-order valence-corrected chi connectivity index (χ0v) is 29.6. The maximum absolute atomic E-state index is 17.1. The first-order valence-corrected chi connectivity index (χ1v) is 18.5. The lowest BCUT2D eigenvalue weighted by molar-refractivity contribution is -0.143. The first kappa shape index (κ1) is 38.2. The van der Waals surface area contributed by atoms with E-state index in [-0.39, 0.29) is 42.4 Å². The Morgan fingerprint density at radius 2 is 1.18 bits per heavy atom. The summed E-state index contributed by atoms with van der Waals surface area (Å²) in [5.74, 6) is -25.7. The lowest BCUT2D eigenvalue weighted by Crippen LogP contribution is -2.70. The Labute approximate surface area is 310 Å². The largest absolute Gasteiger partial charge is 0.422 e. The van der Waals surface area contributed by atoms with Crippen molar-refractivity contribution in [3.05, 3.63) is 75.1 Å². The van der Waals surface area contributed by atoms with Crippen LogP contribution in [0.25, 0.3) is 0 Å². The van der Waals surface area contributed by atoms with Crippen LogP contribution in [0.4, 0.5) is 71.5 Å². The van der Waals surface area contributed by atoms with Crippen molar-refractivity contribution in [2.45, 2.75) is 112 Å². The van der Waals surface area contributed by atoms with Crippen molar-refractivity contribution in [3.63, 3.8) is 0 Å². The molecule has 3 nitrogen and oxygen atoms in total. The fraction of sp³-hybridized carbons (Fsp3) is 0.632. The van der Waals surface area contributed by atoms with Crippen molar-refractivity contribution < 1.29 is 65.9 Å². The van der Waals surface area contributed by atoms with Gasteiger partial charge in [-0.05, 0) is 107 Å². The first-order valence-electron chi connectivity index (χ1n) is 18.5. The van der Waals surface area contributed by atoms with Crippen LogP contribution in [0.5, 0.6) is 0 Å². The number of halogens is 15. The zero-order chi connectivity index (χ0) is 40.6. The van der Waals surface area contributed by atoms with Crippen molar-refractivity contribution >= 4 is 5.69 Å². The second-order valence-corrected chi connectivity index (χ2v) is 17.7. The average molecular weight is 818 g/mol. The van der Waals surface area contributed by atoms with E-state index in [2.05, 4.69) is 10.6 Å². The van der Waals surface area contributed by atoms with E-state index in [1.165, 1.54) is 0 Å². The van der Waals surface area contributed by atoms with E-state index in [1.807, 2.05) is 0 Å². The van der Waals surface area contributed by atoms with E-state index in [1.54, 1.807) is 0 Å². The number of hydrogen-bond donors (Lipinski definition) is 2. The molecule has 1 aromatic carbocycles. The van der Waals surface area contributed by atoms with Gasteiger partial charge in [0.1, 0.15) is 28.2 Å². The number of benzene rings is 1. The fourth-order valence-electron chi connectivity index (χ4n) is 12.5. The highest BCUT2D eigenvalue weighted by molar-refractivity contribution is 5.70. The molecule has 8 atom stereocenters. The first-order chi connectivity index (χ1) is 26.0. The van der Waals surface area contributed by atoms with Gasteiger partial charge in [-0.1, -0.05) is 0 Å². The third kappa shape index (κ3) is 4.73. The Morgan fingerprint density at radius 1 is 0.643 bits per heavy atom. The van der Waals surface area contributed by atoms with Crippen LogP contribution in [0.3, 0.4) is 0 Å². The summed E-state index contributed by atoms with van der Waals surface area (Å²) in [6, 6.07) is 0. The standard InChI is InChI=1S/C38H34F15N3/c1-34(50)32(49)27(54-36-9-12-3-13(10-36)5-15(36)4-12)21(41)24(44)33(34)56(28-22(42)19(39)18(38(51,52)53)20(40)23(28)43)29-25(45)30(47)35(2,31(48)26(29)46)55-37-11-14-6-16(37)8-17(37)7-14/h12-17,30,32,54-55H,3-11H2,1-2H3. The van der Waals surface area contributed by atoms with E-state index in [4.69, 9.17) is 0 Å². The van der Waals surface area contributed by atoms with E-state index < -0.39 is 126 Å². The molecular formula is C38H34F15N3. The molecule has 9 aliphatic rings. The lowest BCUT2D eigenvalue weighted by atomic mass is 9.57. The van der Waals surface area contributed by atoms with Gasteiger partial charge in [-0.15, -0.1) is 0 Å². The molecule has 6 bridgehead atoms. The van der Waals surface area contributed by atoms with Crippen LogP contribution in [-0.2, 0) is 6.18 Å². The van der Waals surface area contributed by atoms with Crippen molar-refractivity contribution in [3.8, 4) is 0 Å². The number of hydrogen-bond acceptors (Lipinski definition) is 3. The molecule has 18 heteroatoms. The summed E-state index contributed by atoms with van der Waals surface area (Å²) in [7, 11) is 0. The van der Waals surface area contributed by atoms with Crippen molar-refractivity contribution in [1.82, 2.24) is 10.6 Å². The van der Waals surface area contributed by atoms with Crippen LogP contribution in [0.2, 0.25) is 0 Å². The molecule has 0 saturated heterocycles. The van der Waals surface area contributed by atoms with Gasteiger partial charge < -0.3 is 5.32 Å². The number of rotatable bonds is 7. The summed E-state index contributed by atoms with van der Waals surface area (Å²) in [6.07, 6.45) is -8.03. The zero-order valence-electron chi connectivity index (χ0n) is 29.6. The van der Waals surface area contributed by atoms with Gasteiger partial charge in [-0.2, -0.15) is 13.2 Å². The molecule has 9 aliphatic carbocycles. The Kier molecular flexibility index (Phi) is 7.96. The van der Waals surface area contributed by atoms with E-state index in [9.17, 15) is 13.2 Å². The van der Waals surface area contributed by atoms with Crippen LogP contribution in [0, 0.1) is 58.8 Å². The summed E-state index contributed by atoms with van der Waals surface area (Å²) in [5, 5.41) is 5.26. The molecule has 8 unspecified atom stereocenters. The third-order valence-corrected chi connectivity index (χ3v) is 14.6. The van der Waals surface area contributed by atoms with E-state index in [0.29, 0.717) is 58.3 Å². The molecule has 0 aromatic heterocycles. The quantitative estimate of drug-likeness (QED) is 0.212. The van der Waals surface area contributed by atoms with Gasteiger partial charge in [-0.3, -0.25) is 10.2 Å². The monoisotopic (exact) mass is 817 g/mol. The minimum Gasteiger partial charge on any atom is -0.378 e. The summed E-state index contributed by atoms with van der Waals surface area (Å²) in [4.78, 5) is -1.18. The molecule has 0 spiro atoms. The molecular weight excluding hydrogens is 783 g/mol. The van der Waals surface area contributed by atoms with Gasteiger partial charge in [0.15, 0.2) is 70.4 Å². The molecule has 56 heavy (non-hydrogen) atoms. The molecule has 10 rings (SSSR count). The molecule has 0 radical (unpaired) electrons. The van der Waals surface area contributed by atoms with E-state index in [0.717, 1.165) is 6.42 Å². The molecule has 1 aromatic rings. The molecule has 0 heterocycles. The van der Waals surface area contributed by atoms with Crippen molar-refractivity contribution in [2.24, 2.45) is 35.5 Å². The molecule has 0 aliphatic heterocycles. The van der Waals surface area contributed by atoms with Gasteiger partial charge in [-0.25, -0.2) is 52.7 Å². The lowest BCUT2D eigenvalue weighted by Gasteiger charge is -2.57. The summed E-state index contributed by atoms with van der Waals surface area (Å²) in [6.45, 7) is 0.780. The number of alkyl halides is 6. The number of fused-ring (bicyclic) bond motifs is 1. The SMILES string of the molecule is CC1(F)C(N(C2=C(F)C(F)C(C)(NC34CC5CC3CC4C5)C(F)=C2F)c2c(F)c(F)c(C(F)(F)F)c(F)c2F)=C(F)C(F)=C(NC23CC4CC(CC2C4)C3)C1F. The summed E-state index contributed by atoms with van der Waals surface area (Å²) in [5.41, 5.74) is -21.6. The fourth-order valence-corrected chi connectivity index (χ4v) is 12.5. The Balaban J connectivity index is 1.24. The highest BCUT2D eigenvalue weighted by Gasteiger charge is 2.69. The Bertz CT molecular complexity index is 2030. The van der Waals surface area contributed by atoms with Gasteiger partial charge in [0, 0.05) is 11.1 Å². The summed E-state index contributed by atoms with van der Waals surface area (Å²) >= 11 is 0. The maximum atomic E-state index is 17.1. The van der Waals surface area contributed by atoms with Crippen LogP contribution < -0.4 is 15.5 Å². The Morgan fingerprint density at radius 3 is 1.70 bits per heavy atom. The molecule has 2 N–H and O–H groups in total. The smallest absolute Gasteiger partial charge is 0.378 e. The van der Waals surface area contributed by atoms with Gasteiger partial charge in [0.25, 0.3) is 0 Å². The molecule has 0 amide bonds. The van der Waals surface area contributed by atoms with Gasteiger partial charge in [0.2, 0.25) is 0 Å². The molecule has 7 fully saturated rings. The minimum atomic E-state index is -6.19. The second kappa shape index (κ2) is 11.7. The third-order valence-electron chi connectivity index (χ3n) is 14.6. The van der Waals surface area contributed by atoms with Gasteiger partial charge in [0.05, 0.1) is 5.70 Å². The van der Waals surface area contributed by atoms with E-state index >= 15 is 52.7 Å². The molecule has 306 valence electrons. The molecule has 7 saturated carbocycles. The van der Waals surface area contributed by atoms with Crippen LogP contribution in [0.1, 0.15) is 77.2 Å². The van der Waals surface area contributed by atoms with Crippen molar-refractivity contribution in [2.75, 3.05) is 4.90 Å². The Hall–Kier alpha value is -3.31.